The SMILES string of the molecule is C[C@@H](CN(C)S(=O)(=O)Cc1ccccc1)NC(=O)OC(C)(C)C. The van der Waals surface area contributed by atoms with Gasteiger partial charge in [0.05, 0.1) is 5.75 Å². The van der Waals surface area contributed by atoms with E-state index in [0.717, 1.165) is 5.56 Å². The number of amides is 1. The highest BCUT2D eigenvalue weighted by Gasteiger charge is 2.23. The monoisotopic (exact) mass is 342 g/mol. The molecular weight excluding hydrogens is 316 g/mol. The van der Waals surface area contributed by atoms with E-state index in [9.17, 15) is 13.2 Å². The largest absolute Gasteiger partial charge is 0.444 e. The molecule has 1 amide bonds. The van der Waals surface area contributed by atoms with Crippen LogP contribution in [0.2, 0.25) is 0 Å². The molecule has 0 unspecified atom stereocenters. The number of sulfonamides is 1. The minimum Gasteiger partial charge on any atom is -0.444 e. The molecule has 7 heteroatoms. The van der Waals surface area contributed by atoms with E-state index >= 15 is 0 Å². The lowest BCUT2D eigenvalue weighted by Crippen LogP contribution is -2.44. The molecule has 0 aliphatic rings. The third-order valence-electron chi connectivity index (χ3n) is 2.96. The summed E-state index contributed by atoms with van der Waals surface area (Å²) >= 11 is 0. The molecule has 1 aromatic rings. The van der Waals surface area contributed by atoms with Crippen LogP contribution in [0.3, 0.4) is 0 Å². The molecule has 1 rings (SSSR count). The Balaban J connectivity index is 2.57. The van der Waals surface area contributed by atoms with E-state index in [1.54, 1.807) is 52.0 Å². The van der Waals surface area contributed by atoms with Gasteiger partial charge < -0.3 is 10.1 Å². The lowest BCUT2D eigenvalue weighted by atomic mass is 10.2. The highest BCUT2D eigenvalue weighted by atomic mass is 32.2. The Labute approximate surface area is 138 Å². The van der Waals surface area contributed by atoms with Crippen LogP contribution >= 0.6 is 0 Å². The molecule has 0 aliphatic heterocycles. The Kier molecular flexibility index (Phi) is 6.58. The van der Waals surface area contributed by atoms with Gasteiger partial charge in [0.1, 0.15) is 5.60 Å². The van der Waals surface area contributed by atoms with E-state index in [2.05, 4.69) is 5.32 Å². The second-order valence-corrected chi connectivity index (χ2v) is 8.65. The van der Waals surface area contributed by atoms with Crippen molar-refractivity contribution in [1.29, 1.82) is 0 Å². The second kappa shape index (κ2) is 7.79. The Morgan fingerprint density at radius 1 is 1.26 bits per heavy atom. The number of likely N-dealkylation sites (N-methyl/N-ethyl adjacent to an activating group) is 1. The van der Waals surface area contributed by atoms with Gasteiger partial charge in [0.2, 0.25) is 10.0 Å². The molecule has 0 aliphatic carbocycles. The molecule has 0 bridgehead atoms. The first-order chi connectivity index (χ1) is 10.5. The van der Waals surface area contributed by atoms with E-state index < -0.39 is 21.7 Å². The molecule has 130 valence electrons. The number of rotatable bonds is 6. The maximum Gasteiger partial charge on any atom is 0.407 e. The van der Waals surface area contributed by atoms with Gasteiger partial charge in [-0.25, -0.2) is 17.5 Å². The molecule has 0 aromatic heterocycles. The van der Waals surface area contributed by atoms with Crippen LogP contribution in [-0.4, -0.2) is 44.1 Å². The topological polar surface area (TPSA) is 75.7 Å². The number of alkyl carbamates (subject to hydrolysis) is 1. The summed E-state index contributed by atoms with van der Waals surface area (Å²) < 4.78 is 31.1. The van der Waals surface area contributed by atoms with E-state index in [4.69, 9.17) is 4.74 Å². The van der Waals surface area contributed by atoms with Crippen LogP contribution in [-0.2, 0) is 20.5 Å². The van der Waals surface area contributed by atoms with Gasteiger partial charge in [0.15, 0.2) is 0 Å². The second-order valence-electron chi connectivity index (χ2n) is 6.57. The molecule has 1 N–H and O–H groups in total. The first-order valence-corrected chi connectivity index (χ1v) is 9.08. The summed E-state index contributed by atoms with van der Waals surface area (Å²) in [4.78, 5) is 11.7. The van der Waals surface area contributed by atoms with Gasteiger partial charge in [-0.2, -0.15) is 0 Å². The minimum absolute atomic E-state index is 0.0660. The normalized spacial score (nSPS) is 13.7. The molecule has 0 saturated heterocycles. The van der Waals surface area contributed by atoms with Crippen LogP contribution in [0.4, 0.5) is 4.79 Å². The average molecular weight is 342 g/mol. The first kappa shape index (κ1) is 19.4. The number of nitrogens with one attached hydrogen (secondary N) is 1. The highest BCUT2D eigenvalue weighted by Crippen LogP contribution is 2.10. The summed E-state index contributed by atoms with van der Waals surface area (Å²) in [5.41, 5.74) is 0.141. The molecule has 0 heterocycles. The zero-order chi connectivity index (χ0) is 17.7. The standard InChI is InChI=1S/C16H26N2O4S/c1-13(17-15(19)22-16(2,3)4)11-18(5)23(20,21)12-14-9-7-6-8-10-14/h6-10,13H,11-12H2,1-5H3,(H,17,19)/t13-/m0/s1. The Hall–Kier alpha value is -1.60. The first-order valence-electron chi connectivity index (χ1n) is 7.47. The molecule has 0 radical (unpaired) electrons. The molecule has 1 atom stereocenters. The van der Waals surface area contributed by atoms with E-state index in [0.29, 0.717) is 0 Å². The number of carbonyl (C=O) groups is 1. The number of hydrogen-bond acceptors (Lipinski definition) is 4. The van der Waals surface area contributed by atoms with Gasteiger partial charge in [-0.05, 0) is 33.3 Å². The summed E-state index contributed by atoms with van der Waals surface area (Å²) in [6.07, 6.45) is -0.557. The van der Waals surface area contributed by atoms with Crippen molar-refractivity contribution in [2.75, 3.05) is 13.6 Å². The van der Waals surface area contributed by atoms with Crippen LogP contribution in [0.1, 0.15) is 33.3 Å². The third kappa shape index (κ3) is 7.47. The number of nitrogens with zero attached hydrogens (tertiary/aromatic N) is 1. The average Bonchev–Trinajstić information content (AvgIpc) is 2.36. The molecule has 0 saturated carbocycles. The van der Waals surface area contributed by atoms with Crippen molar-refractivity contribution >= 4 is 16.1 Å². The number of hydrogen-bond donors (Lipinski definition) is 1. The van der Waals surface area contributed by atoms with Crippen molar-refractivity contribution in [2.24, 2.45) is 0 Å². The third-order valence-corrected chi connectivity index (χ3v) is 4.76. The molecule has 0 spiro atoms. The summed E-state index contributed by atoms with van der Waals surface area (Å²) in [6, 6.07) is 8.63. The minimum atomic E-state index is -3.44. The van der Waals surface area contributed by atoms with E-state index in [-0.39, 0.29) is 18.3 Å². The van der Waals surface area contributed by atoms with Crippen molar-refractivity contribution in [3.05, 3.63) is 35.9 Å². The van der Waals surface area contributed by atoms with Crippen molar-refractivity contribution in [1.82, 2.24) is 9.62 Å². The number of benzene rings is 1. The van der Waals surface area contributed by atoms with Gasteiger partial charge >= 0.3 is 6.09 Å². The molecule has 0 fully saturated rings. The van der Waals surface area contributed by atoms with E-state index in [1.807, 2.05) is 6.07 Å². The van der Waals surface area contributed by atoms with Crippen LogP contribution in [0.5, 0.6) is 0 Å². The van der Waals surface area contributed by atoms with Gasteiger partial charge in [-0.1, -0.05) is 30.3 Å². The van der Waals surface area contributed by atoms with Crippen molar-refractivity contribution < 1.29 is 17.9 Å². The summed E-state index contributed by atoms with van der Waals surface area (Å²) in [7, 11) is -1.93. The van der Waals surface area contributed by atoms with Gasteiger partial charge in [0, 0.05) is 19.6 Å². The van der Waals surface area contributed by atoms with Crippen LogP contribution in [0.15, 0.2) is 30.3 Å². The maximum atomic E-state index is 12.3. The Morgan fingerprint density at radius 2 is 1.83 bits per heavy atom. The predicted molar refractivity (Wildman–Crippen MR) is 90.5 cm³/mol. The lowest BCUT2D eigenvalue weighted by molar-refractivity contribution is 0.0504. The maximum absolute atomic E-state index is 12.3. The molecule has 6 nitrogen and oxygen atoms in total. The fraction of sp³-hybridized carbons (Fsp3) is 0.562. The number of carbonyl (C=O) groups excluding carboxylic acids is 1. The Morgan fingerprint density at radius 3 is 2.35 bits per heavy atom. The van der Waals surface area contributed by atoms with Crippen LogP contribution in [0, 0.1) is 0 Å². The Bertz CT molecular complexity index is 609. The van der Waals surface area contributed by atoms with Crippen molar-refractivity contribution in [3.8, 4) is 0 Å². The summed E-state index contributed by atoms with van der Waals surface area (Å²) in [6.45, 7) is 7.22. The van der Waals surface area contributed by atoms with Crippen molar-refractivity contribution in [3.63, 3.8) is 0 Å². The predicted octanol–water partition coefficient (Wildman–Crippen LogP) is 2.36. The lowest BCUT2D eigenvalue weighted by Gasteiger charge is -2.24. The zero-order valence-electron chi connectivity index (χ0n) is 14.4. The molecule has 1 aromatic carbocycles. The van der Waals surface area contributed by atoms with Gasteiger partial charge in [-0.3, -0.25) is 0 Å². The smallest absolute Gasteiger partial charge is 0.407 e. The summed E-state index contributed by atoms with van der Waals surface area (Å²) in [5, 5.41) is 2.64. The van der Waals surface area contributed by atoms with Crippen molar-refractivity contribution in [2.45, 2.75) is 45.1 Å². The molecule has 23 heavy (non-hydrogen) atoms. The fourth-order valence-corrected chi connectivity index (χ4v) is 3.23. The van der Waals surface area contributed by atoms with E-state index in [1.165, 1.54) is 11.4 Å². The summed E-state index contributed by atoms with van der Waals surface area (Å²) in [5.74, 6) is -0.0660. The van der Waals surface area contributed by atoms with Crippen LogP contribution < -0.4 is 5.32 Å². The molecular formula is C16H26N2O4S. The highest BCUT2D eigenvalue weighted by molar-refractivity contribution is 7.88. The van der Waals surface area contributed by atoms with Gasteiger partial charge in [0.25, 0.3) is 0 Å². The van der Waals surface area contributed by atoms with Crippen LogP contribution in [0.25, 0.3) is 0 Å². The number of ether oxygens (including phenoxy) is 1. The zero-order valence-corrected chi connectivity index (χ0v) is 15.2. The quantitative estimate of drug-likeness (QED) is 0.861. The van der Waals surface area contributed by atoms with Gasteiger partial charge in [-0.15, -0.1) is 0 Å². The fourth-order valence-electron chi connectivity index (χ4n) is 1.95.